The maximum atomic E-state index is 11.8. The second kappa shape index (κ2) is 7.42. The summed E-state index contributed by atoms with van der Waals surface area (Å²) < 4.78 is 11.1. The van der Waals surface area contributed by atoms with Crippen LogP contribution in [-0.2, 0) is 9.53 Å². The zero-order valence-electron chi connectivity index (χ0n) is 11.3. The van der Waals surface area contributed by atoms with Gasteiger partial charge >= 0.3 is 5.97 Å². The fourth-order valence-corrected chi connectivity index (χ4v) is 2.50. The molecule has 1 aliphatic heterocycles. The number of aromatic carboxylic acids is 1. The Balaban J connectivity index is 1.84. The molecule has 21 heavy (non-hydrogen) atoms. The Labute approximate surface area is 130 Å². The summed E-state index contributed by atoms with van der Waals surface area (Å²) >= 11 is 3.23. The molecule has 1 aromatic carbocycles. The molecule has 1 heterocycles. The molecule has 0 aromatic heterocycles. The van der Waals surface area contributed by atoms with Crippen molar-refractivity contribution in [1.82, 2.24) is 5.32 Å². The lowest BCUT2D eigenvalue weighted by atomic mass is 10.1. The van der Waals surface area contributed by atoms with Crippen molar-refractivity contribution in [3.63, 3.8) is 0 Å². The van der Waals surface area contributed by atoms with Crippen LogP contribution >= 0.6 is 15.9 Å². The molecule has 1 aliphatic rings. The molecule has 2 rings (SSSR count). The van der Waals surface area contributed by atoms with Crippen LogP contribution in [0.15, 0.2) is 22.7 Å². The summed E-state index contributed by atoms with van der Waals surface area (Å²) in [4.78, 5) is 22.6. The molecule has 1 saturated heterocycles. The highest BCUT2D eigenvalue weighted by Crippen LogP contribution is 2.26. The third-order valence-corrected chi connectivity index (χ3v) is 3.74. The Hall–Kier alpha value is -1.60. The number of carbonyl (C=O) groups excluding carboxylic acids is 1. The van der Waals surface area contributed by atoms with Crippen LogP contribution in [0, 0.1) is 0 Å². The van der Waals surface area contributed by atoms with Crippen LogP contribution in [0.1, 0.15) is 23.2 Å². The van der Waals surface area contributed by atoms with Gasteiger partial charge in [-0.15, -0.1) is 0 Å². The normalized spacial score (nSPS) is 15.5. The van der Waals surface area contributed by atoms with Gasteiger partial charge in [0.1, 0.15) is 5.75 Å². The van der Waals surface area contributed by atoms with Crippen molar-refractivity contribution in [2.45, 2.75) is 18.9 Å². The predicted molar refractivity (Wildman–Crippen MR) is 78.6 cm³/mol. The largest absolute Gasteiger partial charge is 0.483 e. The van der Waals surface area contributed by atoms with Gasteiger partial charge in [0.15, 0.2) is 6.61 Å². The van der Waals surface area contributed by atoms with E-state index in [1.165, 1.54) is 18.2 Å². The van der Waals surface area contributed by atoms with Crippen LogP contribution in [0.2, 0.25) is 0 Å². The molecule has 0 atom stereocenters. The van der Waals surface area contributed by atoms with Crippen molar-refractivity contribution in [3.05, 3.63) is 28.2 Å². The lowest BCUT2D eigenvalue weighted by Crippen LogP contribution is -2.41. The van der Waals surface area contributed by atoms with Crippen molar-refractivity contribution in [1.29, 1.82) is 0 Å². The van der Waals surface area contributed by atoms with Crippen molar-refractivity contribution in [2.24, 2.45) is 0 Å². The van der Waals surface area contributed by atoms with E-state index in [0.717, 1.165) is 12.8 Å². The Bertz CT molecular complexity index is 528. The van der Waals surface area contributed by atoms with Gasteiger partial charge < -0.3 is 19.9 Å². The first-order chi connectivity index (χ1) is 10.1. The maximum absolute atomic E-state index is 11.8. The number of carbonyl (C=O) groups is 2. The average Bonchev–Trinajstić information content (AvgIpc) is 2.47. The monoisotopic (exact) mass is 357 g/mol. The van der Waals surface area contributed by atoms with Crippen molar-refractivity contribution in [3.8, 4) is 5.75 Å². The second-order valence-electron chi connectivity index (χ2n) is 4.69. The molecule has 0 aliphatic carbocycles. The van der Waals surface area contributed by atoms with Gasteiger partial charge in [0.05, 0.1) is 10.0 Å². The van der Waals surface area contributed by atoms with Crippen molar-refractivity contribution in [2.75, 3.05) is 19.8 Å². The topological polar surface area (TPSA) is 84.9 Å². The summed E-state index contributed by atoms with van der Waals surface area (Å²) in [5, 5.41) is 11.7. The van der Waals surface area contributed by atoms with E-state index in [4.69, 9.17) is 14.6 Å². The van der Waals surface area contributed by atoms with Gasteiger partial charge in [-0.1, -0.05) is 0 Å². The lowest BCUT2D eigenvalue weighted by Gasteiger charge is -2.23. The van der Waals surface area contributed by atoms with Gasteiger partial charge in [0, 0.05) is 19.3 Å². The SMILES string of the molecule is O=C(COc1ccc(C(=O)O)cc1Br)NC1CCOCC1. The highest BCUT2D eigenvalue weighted by atomic mass is 79.9. The number of rotatable bonds is 5. The summed E-state index contributed by atoms with van der Waals surface area (Å²) in [6.07, 6.45) is 1.62. The molecule has 1 aromatic rings. The Morgan fingerprint density at radius 1 is 1.38 bits per heavy atom. The number of carboxylic acids is 1. The van der Waals surface area contributed by atoms with E-state index in [2.05, 4.69) is 21.2 Å². The summed E-state index contributed by atoms with van der Waals surface area (Å²) in [5.41, 5.74) is 0.154. The molecule has 0 unspecified atom stereocenters. The highest BCUT2D eigenvalue weighted by Gasteiger charge is 2.16. The van der Waals surface area contributed by atoms with E-state index in [-0.39, 0.29) is 24.1 Å². The van der Waals surface area contributed by atoms with E-state index in [9.17, 15) is 9.59 Å². The standard InChI is InChI=1S/C14H16BrNO5/c15-11-7-9(14(18)19)1-2-12(11)21-8-13(17)16-10-3-5-20-6-4-10/h1-2,7,10H,3-6,8H2,(H,16,17)(H,18,19). The maximum Gasteiger partial charge on any atom is 0.335 e. The first kappa shape index (κ1) is 15.8. The fraction of sp³-hybridized carbons (Fsp3) is 0.429. The average molecular weight is 358 g/mol. The van der Waals surface area contributed by atoms with Crippen LogP contribution in [0.3, 0.4) is 0 Å². The van der Waals surface area contributed by atoms with Gasteiger partial charge in [0.25, 0.3) is 5.91 Å². The smallest absolute Gasteiger partial charge is 0.335 e. The minimum atomic E-state index is -1.01. The number of ether oxygens (including phenoxy) is 2. The molecule has 0 radical (unpaired) electrons. The molecule has 1 fully saturated rings. The molecular formula is C14H16BrNO5. The minimum absolute atomic E-state index is 0.109. The molecule has 0 bridgehead atoms. The molecule has 2 N–H and O–H groups in total. The summed E-state index contributed by atoms with van der Waals surface area (Å²) in [6.45, 7) is 1.21. The number of amides is 1. The van der Waals surface area contributed by atoms with Crippen LogP contribution in [0.25, 0.3) is 0 Å². The van der Waals surface area contributed by atoms with E-state index in [1.54, 1.807) is 0 Å². The molecule has 1 amide bonds. The van der Waals surface area contributed by atoms with Gasteiger partial charge in [-0.05, 0) is 47.0 Å². The molecule has 114 valence electrons. The molecule has 0 spiro atoms. The van der Waals surface area contributed by atoms with E-state index < -0.39 is 5.97 Å². The molecular weight excluding hydrogens is 342 g/mol. The van der Waals surface area contributed by atoms with E-state index in [0.29, 0.717) is 23.4 Å². The number of nitrogens with one attached hydrogen (secondary N) is 1. The quantitative estimate of drug-likeness (QED) is 0.839. The van der Waals surface area contributed by atoms with Gasteiger partial charge in [0.2, 0.25) is 0 Å². The van der Waals surface area contributed by atoms with Gasteiger partial charge in [-0.3, -0.25) is 4.79 Å². The molecule has 0 saturated carbocycles. The predicted octanol–water partition coefficient (Wildman–Crippen LogP) is 1.82. The zero-order valence-corrected chi connectivity index (χ0v) is 12.9. The highest BCUT2D eigenvalue weighted by molar-refractivity contribution is 9.10. The van der Waals surface area contributed by atoms with Gasteiger partial charge in [-0.2, -0.15) is 0 Å². The fourth-order valence-electron chi connectivity index (χ4n) is 2.01. The van der Waals surface area contributed by atoms with Gasteiger partial charge in [-0.25, -0.2) is 4.79 Å². The van der Waals surface area contributed by atoms with Crippen molar-refractivity contribution < 1.29 is 24.2 Å². The number of carboxylic acid groups (broad SMARTS) is 1. The summed E-state index contributed by atoms with van der Waals surface area (Å²) in [7, 11) is 0. The first-order valence-corrected chi connectivity index (χ1v) is 7.38. The lowest BCUT2D eigenvalue weighted by molar-refractivity contribution is -0.124. The van der Waals surface area contributed by atoms with Crippen LogP contribution < -0.4 is 10.1 Å². The number of hydrogen-bond acceptors (Lipinski definition) is 4. The number of benzene rings is 1. The van der Waals surface area contributed by atoms with Crippen LogP contribution in [0.4, 0.5) is 0 Å². The van der Waals surface area contributed by atoms with Crippen LogP contribution in [0.5, 0.6) is 5.75 Å². The second-order valence-corrected chi connectivity index (χ2v) is 5.55. The number of hydrogen-bond donors (Lipinski definition) is 2. The van der Waals surface area contributed by atoms with Crippen molar-refractivity contribution >= 4 is 27.8 Å². The Morgan fingerprint density at radius 3 is 2.71 bits per heavy atom. The third-order valence-electron chi connectivity index (χ3n) is 3.12. The molecule has 7 heteroatoms. The van der Waals surface area contributed by atoms with Crippen LogP contribution in [-0.4, -0.2) is 42.8 Å². The van der Waals surface area contributed by atoms with E-state index in [1.807, 2.05) is 0 Å². The number of halogens is 1. The summed E-state index contributed by atoms with van der Waals surface area (Å²) in [6, 6.07) is 4.52. The van der Waals surface area contributed by atoms with E-state index >= 15 is 0 Å². The minimum Gasteiger partial charge on any atom is -0.483 e. The zero-order chi connectivity index (χ0) is 15.2. The Kier molecular flexibility index (Phi) is 5.58. The Morgan fingerprint density at radius 2 is 2.10 bits per heavy atom. The summed E-state index contributed by atoms with van der Waals surface area (Å²) in [5.74, 6) is -0.780. The molecule has 6 nitrogen and oxygen atoms in total. The third kappa shape index (κ3) is 4.71. The first-order valence-electron chi connectivity index (χ1n) is 6.59.